The number of piperidine rings is 1. The zero-order valence-corrected chi connectivity index (χ0v) is 10.3. The molecule has 16 heavy (non-hydrogen) atoms. The fraction of sp³-hybridized carbons (Fsp3) is 0.909. The third-order valence-electron chi connectivity index (χ3n) is 3.00. The van der Waals surface area contributed by atoms with Crippen LogP contribution in [0.4, 0.5) is 0 Å². The molecule has 5 heteroatoms. The van der Waals surface area contributed by atoms with Crippen molar-refractivity contribution in [3.05, 3.63) is 0 Å². The summed E-state index contributed by atoms with van der Waals surface area (Å²) in [5, 5.41) is 0. The number of hydrogen-bond donors (Lipinski definition) is 0. The Balaban J connectivity index is 2.55. The van der Waals surface area contributed by atoms with E-state index in [9.17, 15) is 4.79 Å². The van der Waals surface area contributed by atoms with Gasteiger partial charge in [0.2, 0.25) is 0 Å². The molecule has 0 aromatic rings. The Morgan fingerprint density at radius 2 is 2.00 bits per heavy atom. The Morgan fingerprint density at radius 1 is 1.31 bits per heavy atom. The maximum Gasteiger partial charge on any atom is 0.323 e. The van der Waals surface area contributed by atoms with Crippen molar-refractivity contribution in [2.75, 3.05) is 34.4 Å². The predicted octanol–water partition coefficient (Wildman–Crippen LogP) is 0.633. The number of likely N-dealkylation sites (tertiary alicyclic amines) is 1. The molecule has 0 spiro atoms. The lowest BCUT2D eigenvalue weighted by Gasteiger charge is -2.35. The zero-order valence-electron chi connectivity index (χ0n) is 10.3. The van der Waals surface area contributed by atoms with Gasteiger partial charge < -0.3 is 14.2 Å². The summed E-state index contributed by atoms with van der Waals surface area (Å²) in [6.07, 6.45) is 2.74. The summed E-state index contributed by atoms with van der Waals surface area (Å²) < 4.78 is 15.1. The van der Waals surface area contributed by atoms with Gasteiger partial charge in [-0.2, -0.15) is 0 Å². The number of ether oxygens (including phenoxy) is 3. The smallest absolute Gasteiger partial charge is 0.323 e. The highest BCUT2D eigenvalue weighted by molar-refractivity contribution is 5.75. The maximum absolute atomic E-state index is 11.6. The molecule has 1 aliphatic rings. The maximum atomic E-state index is 11.6. The van der Waals surface area contributed by atoms with Crippen molar-refractivity contribution >= 4 is 5.97 Å². The number of esters is 1. The second-order valence-electron chi connectivity index (χ2n) is 3.93. The van der Waals surface area contributed by atoms with E-state index in [4.69, 9.17) is 14.2 Å². The van der Waals surface area contributed by atoms with E-state index < -0.39 is 0 Å². The second-order valence-corrected chi connectivity index (χ2v) is 3.93. The van der Waals surface area contributed by atoms with Gasteiger partial charge in [0, 0.05) is 14.2 Å². The fourth-order valence-electron chi connectivity index (χ4n) is 2.05. The van der Waals surface area contributed by atoms with Gasteiger partial charge in [-0.15, -0.1) is 0 Å². The third-order valence-corrected chi connectivity index (χ3v) is 3.00. The molecule has 1 atom stereocenters. The molecule has 0 aromatic heterocycles. The summed E-state index contributed by atoms with van der Waals surface area (Å²) in [4.78, 5) is 13.7. The van der Waals surface area contributed by atoms with Crippen molar-refractivity contribution < 1.29 is 19.0 Å². The molecule has 0 saturated carbocycles. The van der Waals surface area contributed by atoms with Crippen LogP contribution in [0.5, 0.6) is 0 Å². The lowest BCUT2D eigenvalue weighted by atomic mass is 10.0. The van der Waals surface area contributed by atoms with Gasteiger partial charge in [-0.25, -0.2) is 0 Å². The van der Waals surface area contributed by atoms with E-state index in [-0.39, 0.29) is 18.3 Å². The van der Waals surface area contributed by atoms with Crippen molar-refractivity contribution in [2.45, 2.75) is 31.6 Å². The summed E-state index contributed by atoms with van der Waals surface area (Å²) in [5.74, 6) is -0.161. The molecule has 0 N–H and O–H groups in total. The average Bonchev–Trinajstić information content (AvgIpc) is 2.35. The molecular formula is C11H21NO4. The van der Waals surface area contributed by atoms with Crippen LogP contribution in [-0.4, -0.2) is 57.6 Å². The van der Waals surface area contributed by atoms with E-state index in [0.717, 1.165) is 25.8 Å². The van der Waals surface area contributed by atoms with Crippen LogP contribution < -0.4 is 0 Å². The van der Waals surface area contributed by atoms with Gasteiger partial charge in [-0.1, -0.05) is 6.42 Å². The van der Waals surface area contributed by atoms with Gasteiger partial charge in [0.15, 0.2) is 6.29 Å². The minimum Gasteiger partial charge on any atom is -0.468 e. The fourth-order valence-corrected chi connectivity index (χ4v) is 2.05. The number of carbonyl (C=O) groups is 1. The first-order valence-corrected chi connectivity index (χ1v) is 5.60. The van der Waals surface area contributed by atoms with E-state index >= 15 is 0 Å². The normalized spacial score (nSPS) is 22.4. The molecule has 1 saturated heterocycles. The summed E-state index contributed by atoms with van der Waals surface area (Å²) in [6.45, 7) is 1.50. The summed E-state index contributed by atoms with van der Waals surface area (Å²) in [6, 6.07) is -0.147. The van der Waals surface area contributed by atoms with Gasteiger partial charge in [0.05, 0.1) is 13.7 Å². The Morgan fingerprint density at radius 3 is 2.56 bits per heavy atom. The van der Waals surface area contributed by atoms with Crippen LogP contribution in [0, 0.1) is 0 Å². The number of rotatable bonds is 5. The lowest BCUT2D eigenvalue weighted by molar-refractivity contribution is -0.155. The minimum absolute atomic E-state index is 0.147. The van der Waals surface area contributed by atoms with Crippen LogP contribution in [0.15, 0.2) is 0 Å². The lowest BCUT2D eigenvalue weighted by Crippen LogP contribution is -2.48. The van der Waals surface area contributed by atoms with E-state index in [2.05, 4.69) is 4.90 Å². The molecule has 1 rings (SSSR count). The SMILES string of the molecule is COC(=O)[C@H]1CCCCN1CC(OC)OC. The van der Waals surface area contributed by atoms with Crippen molar-refractivity contribution in [2.24, 2.45) is 0 Å². The quantitative estimate of drug-likeness (QED) is 0.513. The molecule has 0 radical (unpaired) electrons. The highest BCUT2D eigenvalue weighted by Gasteiger charge is 2.30. The molecule has 1 heterocycles. The molecule has 0 aliphatic carbocycles. The topological polar surface area (TPSA) is 48.0 Å². The first-order chi connectivity index (χ1) is 7.72. The summed E-state index contributed by atoms with van der Waals surface area (Å²) in [5.41, 5.74) is 0. The van der Waals surface area contributed by atoms with Gasteiger partial charge in [0.25, 0.3) is 0 Å². The number of methoxy groups -OCH3 is 3. The standard InChI is InChI=1S/C11H21NO4/c1-14-10(15-2)8-12-7-5-4-6-9(12)11(13)16-3/h9-10H,4-8H2,1-3H3/t9-/m1/s1. The Labute approximate surface area is 96.6 Å². The first kappa shape index (κ1) is 13.4. The monoisotopic (exact) mass is 231 g/mol. The molecule has 5 nitrogen and oxygen atoms in total. The number of hydrogen-bond acceptors (Lipinski definition) is 5. The zero-order chi connectivity index (χ0) is 12.0. The summed E-state index contributed by atoms with van der Waals surface area (Å²) in [7, 11) is 4.63. The average molecular weight is 231 g/mol. The van der Waals surface area contributed by atoms with E-state index in [0.29, 0.717) is 6.54 Å². The molecule has 0 aromatic carbocycles. The molecule has 0 bridgehead atoms. The van der Waals surface area contributed by atoms with Crippen LogP contribution in [0.25, 0.3) is 0 Å². The van der Waals surface area contributed by atoms with Crippen LogP contribution in [-0.2, 0) is 19.0 Å². The van der Waals surface area contributed by atoms with Crippen LogP contribution >= 0.6 is 0 Å². The second kappa shape index (κ2) is 6.83. The highest BCUT2D eigenvalue weighted by Crippen LogP contribution is 2.18. The molecule has 94 valence electrons. The molecule has 1 fully saturated rings. The van der Waals surface area contributed by atoms with Crippen molar-refractivity contribution in [1.29, 1.82) is 0 Å². The third kappa shape index (κ3) is 3.43. The van der Waals surface area contributed by atoms with Gasteiger partial charge in [-0.05, 0) is 19.4 Å². The summed E-state index contributed by atoms with van der Waals surface area (Å²) >= 11 is 0. The molecule has 1 aliphatic heterocycles. The Kier molecular flexibility index (Phi) is 5.73. The van der Waals surface area contributed by atoms with Crippen molar-refractivity contribution in [3.8, 4) is 0 Å². The number of carbonyl (C=O) groups excluding carboxylic acids is 1. The molecular weight excluding hydrogens is 210 g/mol. The van der Waals surface area contributed by atoms with Crippen molar-refractivity contribution in [1.82, 2.24) is 4.90 Å². The van der Waals surface area contributed by atoms with E-state index in [1.54, 1.807) is 14.2 Å². The van der Waals surface area contributed by atoms with Gasteiger partial charge in [0.1, 0.15) is 6.04 Å². The number of nitrogens with zero attached hydrogens (tertiary/aromatic N) is 1. The van der Waals surface area contributed by atoms with Crippen molar-refractivity contribution in [3.63, 3.8) is 0 Å². The first-order valence-electron chi connectivity index (χ1n) is 5.60. The van der Waals surface area contributed by atoms with Gasteiger partial charge in [-0.3, -0.25) is 9.69 Å². The predicted molar refractivity (Wildman–Crippen MR) is 59.0 cm³/mol. The molecule has 0 amide bonds. The van der Waals surface area contributed by atoms with E-state index in [1.807, 2.05) is 0 Å². The Bertz CT molecular complexity index is 218. The highest BCUT2D eigenvalue weighted by atomic mass is 16.7. The van der Waals surface area contributed by atoms with Crippen LogP contribution in [0.1, 0.15) is 19.3 Å². The van der Waals surface area contributed by atoms with E-state index in [1.165, 1.54) is 7.11 Å². The largest absolute Gasteiger partial charge is 0.468 e. The Hall–Kier alpha value is -0.650. The van der Waals surface area contributed by atoms with Crippen LogP contribution in [0.2, 0.25) is 0 Å². The van der Waals surface area contributed by atoms with Crippen LogP contribution in [0.3, 0.4) is 0 Å². The minimum atomic E-state index is -0.287. The molecule has 0 unspecified atom stereocenters. The van der Waals surface area contributed by atoms with Gasteiger partial charge >= 0.3 is 5.97 Å².